The number of aromatic hydroxyl groups is 2. The van der Waals surface area contributed by atoms with Crippen molar-refractivity contribution in [2.75, 3.05) is 0 Å². The predicted octanol–water partition coefficient (Wildman–Crippen LogP) is 4.49. The molecule has 0 unspecified atom stereocenters. The zero-order valence-electron chi connectivity index (χ0n) is 49.6. The fourth-order valence-electron chi connectivity index (χ4n) is 10.3. The van der Waals surface area contributed by atoms with Gasteiger partial charge in [0.2, 0.25) is 0 Å². The van der Waals surface area contributed by atoms with E-state index in [0.29, 0.717) is 90.2 Å². The summed E-state index contributed by atoms with van der Waals surface area (Å²) < 4.78 is 13.9. The minimum atomic E-state index is -1.37. The van der Waals surface area contributed by atoms with E-state index in [9.17, 15) is 39.6 Å². The Morgan fingerprint density at radius 1 is 0.440 bits per heavy atom. The molecule has 16 heteroatoms. The summed E-state index contributed by atoms with van der Waals surface area (Å²) in [5.74, 6) is -3.01. The van der Waals surface area contributed by atoms with Gasteiger partial charge in [0, 0.05) is 73.0 Å². The number of carbonyl (C=O) groups excluding carboxylic acids is 4. The second-order valence-corrected chi connectivity index (χ2v) is 23.3. The molecule has 4 aromatic heterocycles. The van der Waals surface area contributed by atoms with Crippen LogP contribution in [-0.4, -0.2) is 53.7 Å². The maximum absolute atomic E-state index is 14.2. The number of ether oxygens (including phenoxy) is 2. The Morgan fingerprint density at radius 3 is 1.02 bits per heavy atom. The molecular formula is C68H66N4Na2O10. The number of benzene rings is 4. The maximum atomic E-state index is 14.2. The first-order valence-electron chi connectivity index (χ1n) is 27.5. The van der Waals surface area contributed by atoms with Crippen LogP contribution in [0.1, 0.15) is 166 Å². The molecule has 0 atom stereocenters. The van der Waals surface area contributed by atoms with Crippen molar-refractivity contribution in [3.8, 4) is 45.8 Å². The first-order valence-corrected chi connectivity index (χ1v) is 27.5. The van der Waals surface area contributed by atoms with Crippen LogP contribution >= 0.6 is 0 Å². The van der Waals surface area contributed by atoms with Crippen molar-refractivity contribution in [2.45, 2.75) is 131 Å². The Hall–Kier alpha value is -7.04. The number of hydrogen-bond acceptors (Lipinski definition) is 14. The van der Waals surface area contributed by atoms with E-state index in [1.807, 2.05) is 111 Å². The van der Waals surface area contributed by atoms with Gasteiger partial charge >= 0.3 is 59.1 Å². The van der Waals surface area contributed by atoms with Crippen LogP contribution in [0.25, 0.3) is 22.8 Å². The topological polar surface area (TPSA) is 225 Å². The van der Waals surface area contributed by atoms with Crippen molar-refractivity contribution < 1.29 is 108 Å². The van der Waals surface area contributed by atoms with Crippen LogP contribution in [-0.2, 0) is 59.3 Å². The molecule has 0 spiro atoms. The number of carboxylic acids is 2. The zero-order chi connectivity index (χ0) is 58.6. The fourth-order valence-corrected chi connectivity index (χ4v) is 10.3. The van der Waals surface area contributed by atoms with Crippen molar-refractivity contribution in [2.24, 2.45) is 0 Å². The van der Waals surface area contributed by atoms with E-state index in [1.165, 1.54) is 0 Å². The molecule has 420 valence electrons. The Kier molecular flexibility index (Phi) is 21.0. The summed E-state index contributed by atoms with van der Waals surface area (Å²) in [5, 5.41) is 49.1. The van der Waals surface area contributed by atoms with E-state index in [0.717, 1.165) is 22.5 Å². The average molecular weight is 1150 g/mol. The summed E-state index contributed by atoms with van der Waals surface area (Å²) in [6.45, 7) is 16.1. The number of carbonyl (C=O) groups is 4. The van der Waals surface area contributed by atoms with Crippen LogP contribution < -0.4 is 78.8 Å². The van der Waals surface area contributed by atoms with Crippen LogP contribution in [0, 0.1) is 13.8 Å². The molecule has 2 N–H and O–H groups in total. The number of aryl methyl sites for hydroxylation is 2. The van der Waals surface area contributed by atoms with E-state index < -0.39 is 47.2 Å². The van der Waals surface area contributed by atoms with Gasteiger partial charge in [-0.2, -0.15) is 0 Å². The minimum absolute atomic E-state index is 0. The number of ketones is 2. The van der Waals surface area contributed by atoms with Gasteiger partial charge in [-0.1, -0.05) is 90.1 Å². The summed E-state index contributed by atoms with van der Waals surface area (Å²) in [6.07, 6.45) is -1.61. The van der Waals surface area contributed by atoms with Gasteiger partial charge in [-0.05, 0) is 166 Å². The standard InChI is InChI=1S/C68H68N4O10.2Na/c1-39-13-9-17-55(69-39)57-19-11-15-53(71-57)37-81-65-47-25-41(59(73)21-23-61(75)76)26-48(65)30-44-34-52(68(6,7)8)36-46(64(44)80)32-50-28-42(60(74)22-24-62(77)78)27-49(31-45-35-51(67(3,4)5)33-43(29-47)63(45)79)66(50)82-38-54-16-12-20-58(72-54)56-18-10-14-40(2)70-56;;/h9-20,25-28,33-36,79-80H,21-24,29-32,37-38H2,1-8H3,(H,75,76)(H,77,78);;/q;2*+1/p-2. The number of phenolic OH excluding ortho intramolecular Hbond substituents is 2. The van der Waals surface area contributed by atoms with Gasteiger partial charge in [-0.25, -0.2) is 9.97 Å². The molecule has 9 rings (SSSR count). The van der Waals surface area contributed by atoms with Crippen molar-refractivity contribution in [1.82, 2.24) is 19.9 Å². The van der Waals surface area contributed by atoms with E-state index >= 15 is 0 Å². The van der Waals surface area contributed by atoms with Gasteiger partial charge in [-0.3, -0.25) is 19.6 Å². The fraction of sp³-hybridized carbons (Fsp3) is 0.294. The SMILES string of the molecule is Cc1cccc(-c2cccc(COc3c4cc(C(=O)CCC(=O)[O-])cc3Cc3cc(C(C)(C)C)cc(c3O)Cc3cc(C(=O)CCC(=O)[O-])cc(c3OCc3cccc(-c5cccc(C)n5)n3)Cc3cc(C(C)(C)C)cc(c3O)C4)n2)n1.[Na+].[Na+]. The number of rotatable bonds is 16. The van der Waals surface area contributed by atoms with Gasteiger partial charge < -0.3 is 39.5 Å². The first-order chi connectivity index (χ1) is 38.9. The third-order valence-corrected chi connectivity index (χ3v) is 14.7. The quantitative estimate of drug-likeness (QED) is 0.101. The molecule has 0 fully saturated rings. The second kappa shape index (κ2) is 27.3. The molecule has 8 aromatic rings. The van der Waals surface area contributed by atoms with E-state index in [2.05, 4.69) is 51.5 Å². The van der Waals surface area contributed by atoms with Gasteiger partial charge in [0.25, 0.3) is 0 Å². The number of aliphatic carboxylic acids is 2. The Bertz CT molecular complexity index is 3470. The number of phenols is 2. The molecule has 84 heavy (non-hydrogen) atoms. The second-order valence-electron chi connectivity index (χ2n) is 23.3. The molecule has 8 bridgehead atoms. The zero-order valence-corrected chi connectivity index (χ0v) is 53.6. The number of hydrogen-bond donors (Lipinski definition) is 2. The van der Waals surface area contributed by atoms with Crippen LogP contribution in [0.3, 0.4) is 0 Å². The molecule has 0 saturated heterocycles. The summed E-state index contributed by atoms with van der Waals surface area (Å²) in [4.78, 5) is 71.1. The largest absolute Gasteiger partial charge is 1.00 e. The summed E-state index contributed by atoms with van der Waals surface area (Å²) in [7, 11) is 0. The molecule has 1 aliphatic carbocycles. The van der Waals surface area contributed by atoms with Gasteiger partial charge in [0.15, 0.2) is 11.6 Å². The van der Waals surface area contributed by atoms with E-state index in [1.54, 1.807) is 24.3 Å². The third-order valence-electron chi connectivity index (χ3n) is 14.7. The Labute approximate surface area is 534 Å². The van der Waals surface area contributed by atoms with Crippen molar-refractivity contribution >= 4 is 23.5 Å². The molecule has 4 aromatic carbocycles. The number of aromatic nitrogens is 4. The summed E-state index contributed by atoms with van der Waals surface area (Å²) in [6, 6.07) is 37.0. The van der Waals surface area contributed by atoms with Gasteiger partial charge in [0.1, 0.15) is 36.2 Å². The summed E-state index contributed by atoms with van der Waals surface area (Å²) >= 11 is 0. The normalized spacial score (nSPS) is 12.1. The van der Waals surface area contributed by atoms with Gasteiger partial charge in [0.05, 0.1) is 34.2 Å². The van der Waals surface area contributed by atoms with Crippen LogP contribution in [0.4, 0.5) is 0 Å². The van der Waals surface area contributed by atoms with Crippen LogP contribution in [0.15, 0.2) is 121 Å². The molecule has 0 amide bonds. The van der Waals surface area contributed by atoms with Crippen molar-refractivity contribution in [3.05, 3.63) is 211 Å². The molecule has 0 saturated carbocycles. The van der Waals surface area contributed by atoms with Crippen molar-refractivity contribution in [1.29, 1.82) is 0 Å². The minimum Gasteiger partial charge on any atom is -0.550 e. The van der Waals surface area contributed by atoms with Gasteiger partial charge in [-0.15, -0.1) is 0 Å². The first kappa shape index (κ1) is 64.5. The molecule has 1 aliphatic rings. The maximum Gasteiger partial charge on any atom is 1.00 e. The van der Waals surface area contributed by atoms with E-state index in [4.69, 9.17) is 19.4 Å². The van der Waals surface area contributed by atoms with E-state index in [-0.39, 0.29) is 133 Å². The predicted molar refractivity (Wildman–Crippen MR) is 308 cm³/mol. The van der Waals surface area contributed by atoms with Crippen LogP contribution in [0.5, 0.6) is 23.0 Å². The molecule has 14 nitrogen and oxygen atoms in total. The monoisotopic (exact) mass is 1140 g/mol. The third kappa shape index (κ3) is 15.8. The summed E-state index contributed by atoms with van der Waals surface area (Å²) in [5.41, 5.74) is 10.6. The number of fused-ring (bicyclic) bond motifs is 8. The molecule has 0 aliphatic heterocycles. The molecule has 0 radical (unpaired) electrons. The Balaban J connectivity index is 0.00000506. The molecular weight excluding hydrogens is 1080 g/mol. The number of Topliss-reactive ketones (excluding diaryl/α,β-unsaturated/α-hetero) is 2. The smallest absolute Gasteiger partial charge is 0.550 e. The number of pyridine rings is 4. The number of carboxylic acid groups (broad SMARTS) is 2. The van der Waals surface area contributed by atoms with Crippen LogP contribution in [0.2, 0.25) is 0 Å². The molecule has 4 heterocycles. The number of nitrogens with zero attached hydrogens (tertiary/aromatic N) is 4. The average Bonchev–Trinajstić information content (AvgIpc) is 3.62. The Morgan fingerprint density at radius 2 is 0.738 bits per heavy atom. The van der Waals surface area contributed by atoms with Crippen molar-refractivity contribution in [3.63, 3.8) is 0 Å².